The SMILES string of the molecule is COc1cc(C(N)CC(=O)O)cc(Br)c1F. The van der Waals surface area contributed by atoms with Crippen molar-refractivity contribution in [3.05, 3.63) is 28.0 Å². The molecule has 0 aromatic heterocycles. The average molecular weight is 292 g/mol. The van der Waals surface area contributed by atoms with Crippen molar-refractivity contribution in [2.24, 2.45) is 5.73 Å². The average Bonchev–Trinajstić information content (AvgIpc) is 2.20. The smallest absolute Gasteiger partial charge is 0.305 e. The molecule has 1 rings (SSSR count). The Bertz CT molecular complexity index is 411. The van der Waals surface area contributed by atoms with Gasteiger partial charge in [0, 0.05) is 6.04 Å². The van der Waals surface area contributed by atoms with Crippen molar-refractivity contribution in [2.45, 2.75) is 12.5 Å². The second kappa shape index (κ2) is 5.27. The molecule has 0 aliphatic carbocycles. The maximum absolute atomic E-state index is 13.4. The third kappa shape index (κ3) is 2.93. The molecule has 0 amide bonds. The van der Waals surface area contributed by atoms with Crippen molar-refractivity contribution in [2.75, 3.05) is 7.11 Å². The van der Waals surface area contributed by atoms with E-state index in [9.17, 15) is 9.18 Å². The molecule has 0 radical (unpaired) electrons. The lowest BCUT2D eigenvalue weighted by molar-refractivity contribution is -0.137. The van der Waals surface area contributed by atoms with Crippen molar-refractivity contribution >= 4 is 21.9 Å². The van der Waals surface area contributed by atoms with Crippen molar-refractivity contribution in [3.63, 3.8) is 0 Å². The molecule has 0 spiro atoms. The van der Waals surface area contributed by atoms with Crippen molar-refractivity contribution in [1.82, 2.24) is 0 Å². The van der Waals surface area contributed by atoms with Gasteiger partial charge in [-0.25, -0.2) is 4.39 Å². The standard InChI is InChI=1S/C10H11BrFNO3/c1-16-8-3-5(2-6(11)10(8)12)7(13)4-9(14)15/h2-3,7H,4,13H2,1H3,(H,14,15). The van der Waals surface area contributed by atoms with Crippen LogP contribution in [0.1, 0.15) is 18.0 Å². The molecule has 1 aromatic carbocycles. The van der Waals surface area contributed by atoms with Crippen LogP contribution < -0.4 is 10.5 Å². The Hall–Kier alpha value is -1.14. The zero-order valence-corrected chi connectivity index (χ0v) is 10.1. The Labute approximate surface area is 100 Å². The van der Waals surface area contributed by atoms with E-state index < -0.39 is 17.8 Å². The molecule has 0 aliphatic heterocycles. The zero-order chi connectivity index (χ0) is 12.3. The summed E-state index contributed by atoms with van der Waals surface area (Å²) in [7, 11) is 1.33. The molecule has 0 bridgehead atoms. The molecule has 0 saturated carbocycles. The molecule has 16 heavy (non-hydrogen) atoms. The summed E-state index contributed by atoms with van der Waals surface area (Å²) in [4.78, 5) is 10.5. The first-order valence-electron chi connectivity index (χ1n) is 4.46. The molecular formula is C10H11BrFNO3. The fourth-order valence-corrected chi connectivity index (χ4v) is 1.71. The van der Waals surface area contributed by atoms with Gasteiger partial charge >= 0.3 is 5.97 Å². The van der Waals surface area contributed by atoms with E-state index in [4.69, 9.17) is 15.6 Å². The zero-order valence-electron chi connectivity index (χ0n) is 8.54. The van der Waals surface area contributed by atoms with Crippen LogP contribution in [-0.4, -0.2) is 18.2 Å². The summed E-state index contributed by atoms with van der Waals surface area (Å²) in [6, 6.07) is 2.15. The van der Waals surface area contributed by atoms with Crippen LogP contribution in [0.4, 0.5) is 4.39 Å². The fraction of sp³-hybridized carbons (Fsp3) is 0.300. The van der Waals surface area contributed by atoms with Crippen LogP contribution in [0.3, 0.4) is 0 Å². The van der Waals surface area contributed by atoms with Gasteiger partial charge in [0.05, 0.1) is 18.0 Å². The first-order valence-corrected chi connectivity index (χ1v) is 5.25. The number of halogens is 2. The van der Waals surface area contributed by atoms with E-state index in [1.807, 2.05) is 0 Å². The number of methoxy groups -OCH3 is 1. The summed E-state index contributed by atoms with van der Waals surface area (Å²) in [5.41, 5.74) is 6.17. The second-order valence-corrected chi connectivity index (χ2v) is 4.08. The topological polar surface area (TPSA) is 72.5 Å². The van der Waals surface area contributed by atoms with Gasteiger partial charge in [-0.3, -0.25) is 4.79 Å². The summed E-state index contributed by atoms with van der Waals surface area (Å²) >= 11 is 3.01. The number of benzene rings is 1. The summed E-state index contributed by atoms with van der Waals surface area (Å²) < 4.78 is 18.4. The first kappa shape index (κ1) is 12.9. The van der Waals surface area contributed by atoms with Crippen LogP contribution in [0.25, 0.3) is 0 Å². The largest absolute Gasteiger partial charge is 0.494 e. The third-order valence-corrected chi connectivity index (χ3v) is 2.64. The number of nitrogens with two attached hydrogens (primary N) is 1. The maximum atomic E-state index is 13.4. The number of hydrogen-bond donors (Lipinski definition) is 2. The Morgan fingerprint density at radius 2 is 2.31 bits per heavy atom. The van der Waals surface area contributed by atoms with E-state index in [1.54, 1.807) is 0 Å². The fourth-order valence-electron chi connectivity index (χ4n) is 1.25. The molecule has 0 aliphatic rings. The van der Waals surface area contributed by atoms with Gasteiger partial charge in [0.15, 0.2) is 11.6 Å². The first-order chi connectivity index (χ1) is 7.45. The van der Waals surface area contributed by atoms with E-state index in [1.165, 1.54) is 19.2 Å². The lowest BCUT2D eigenvalue weighted by Gasteiger charge is -2.12. The summed E-state index contributed by atoms with van der Waals surface area (Å²) in [5, 5.41) is 8.60. The van der Waals surface area contributed by atoms with Crippen LogP contribution in [0.2, 0.25) is 0 Å². The highest BCUT2D eigenvalue weighted by Gasteiger charge is 2.15. The number of carboxylic acids is 1. The van der Waals surface area contributed by atoms with Crippen LogP contribution in [-0.2, 0) is 4.79 Å². The van der Waals surface area contributed by atoms with Crippen molar-refractivity contribution < 1.29 is 19.0 Å². The van der Waals surface area contributed by atoms with Crippen LogP contribution in [0, 0.1) is 5.82 Å². The Morgan fingerprint density at radius 1 is 1.69 bits per heavy atom. The molecule has 1 unspecified atom stereocenters. The molecule has 3 N–H and O–H groups in total. The maximum Gasteiger partial charge on any atom is 0.305 e. The minimum Gasteiger partial charge on any atom is -0.494 e. The van der Waals surface area contributed by atoms with Gasteiger partial charge in [0.25, 0.3) is 0 Å². The lowest BCUT2D eigenvalue weighted by atomic mass is 10.0. The highest BCUT2D eigenvalue weighted by Crippen LogP contribution is 2.29. The van der Waals surface area contributed by atoms with Gasteiger partial charge in [-0.05, 0) is 33.6 Å². The molecule has 0 heterocycles. The summed E-state index contributed by atoms with van der Waals surface area (Å²) in [6.45, 7) is 0. The molecule has 1 atom stereocenters. The number of carbonyl (C=O) groups is 1. The highest BCUT2D eigenvalue weighted by atomic mass is 79.9. The minimum absolute atomic E-state index is 0.0326. The number of ether oxygens (including phenoxy) is 1. The van der Waals surface area contributed by atoms with Gasteiger partial charge < -0.3 is 15.6 Å². The molecule has 4 nitrogen and oxygen atoms in total. The van der Waals surface area contributed by atoms with Gasteiger partial charge in [-0.1, -0.05) is 0 Å². The van der Waals surface area contributed by atoms with Gasteiger partial charge in [0.2, 0.25) is 0 Å². The summed E-state index contributed by atoms with van der Waals surface area (Å²) in [6.07, 6.45) is -0.221. The van der Waals surface area contributed by atoms with Gasteiger partial charge in [-0.2, -0.15) is 0 Å². The van der Waals surface area contributed by atoms with Gasteiger partial charge in [-0.15, -0.1) is 0 Å². The second-order valence-electron chi connectivity index (χ2n) is 3.22. The normalized spacial score (nSPS) is 12.2. The molecule has 0 fully saturated rings. The van der Waals surface area contributed by atoms with E-state index in [0.717, 1.165) is 0 Å². The number of rotatable bonds is 4. The van der Waals surface area contributed by atoms with Crippen molar-refractivity contribution in [1.29, 1.82) is 0 Å². The van der Waals surface area contributed by atoms with E-state index in [-0.39, 0.29) is 16.6 Å². The molecule has 1 aromatic rings. The summed E-state index contributed by atoms with van der Waals surface area (Å²) in [5.74, 6) is -1.51. The quantitative estimate of drug-likeness (QED) is 0.891. The van der Waals surface area contributed by atoms with Crippen LogP contribution >= 0.6 is 15.9 Å². The number of hydrogen-bond acceptors (Lipinski definition) is 3. The molecular weight excluding hydrogens is 281 g/mol. The van der Waals surface area contributed by atoms with Crippen LogP contribution in [0.15, 0.2) is 16.6 Å². The van der Waals surface area contributed by atoms with E-state index in [2.05, 4.69) is 15.9 Å². The third-order valence-electron chi connectivity index (χ3n) is 2.06. The lowest BCUT2D eigenvalue weighted by Crippen LogP contribution is -2.15. The highest BCUT2D eigenvalue weighted by molar-refractivity contribution is 9.10. The monoisotopic (exact) mass is 291 g/mol. The molecule has 0 saturated heterocycles. The van der Waals surface area contributed by atoms with Crippen LogP contribution in [0.5, 0.6) is 5.75 Å². The van der Waals surface area contributed by atoms with Gasteiger partial charge in [0.1, 0.15) is 0 Å². The number of aliphatic carboxylic acids is 1. The Morgan fingerprint density at radius 3 is 2.81 bits per heavy atom. The van der Waals surface area contributed by atoms with E-state index in [0.29, 0.717) is 5.56 Å². The van der Waals surface area contributed by atoms with E-state index >= 15 is 0 Å². The Balaban J connectivity index is 3.05. The Kier molecular flexibility index (Phi) is 4.26. The molecule has 6 heteroatoms. The number of carboxylic acid groups (broad SMARTS) is 1. The minimum atomic E-state index is -1.01. The van der Waals surface area contributed by atoms with Crippen molar-refractivity contribution in [3.8, 4) is 5.75 Å². The molecule has 88 valence electrons. The predicted octanol–water partition coefficient (Wildman–Crippen LogP) is 2.07. The predicted molar refractivity (Wildman–Crippen MR) is 59.8 cm³/mol.